The summed E-state index contributed by atoms with van der Waals surface area (Å²) in [6.45, 7) is 0. The van der Waals surface area contributed by atoms with E-state index >= 15 is 0 Å². The van der Waals surface area contributed by atoms with E-state index in [4.69, 9.17) is 5.73 Å². The van der Waals surface area contributed by atoms with Crippen LogP contribution >= 0.6 is 23.5 Å². The minimum absolute atomic E-state index is 0.0549. The standard InChI is InChI=1S/C12H12N4O3S2/c13-8-10(17)16-9(12(18)19)7(5-21-11(8)16)20-4-6-3-14-1-2-15-6/h1-3,8,11H,4-5,13H2,(H,18,19)/t8-,11+/m1/s1. The quantitative estimate of drug-likeness (QED) is 0.759. The average molecular weight is 324 g/mol. The highest BCUT2D eigenvalue weighted by Crippen LogP contribution is 2.43. The zero-order valence-corrected chi connectivity index (χ0v) is 12.4. The molecule has 21 heavy (non-hydrogen) atoms. The Balaban J connectivity index is 1.81. The Morgan fingerprint density at radius 3 is 3.05 bits per heavy atom. The highest BCUT2D eigenvalue weighted by atomic mass is 32.2. The molecule has 2 atom stereocenters. The molecule has 0 aliphatic carbocycles. The molecule has 1 amide bonds. The van der Waals surface area contributed by atoms with E-state index in [-0.39, 0.29) is 17.0 Å². The van der Waals surface area contributed by atoms with Gasteiger partial charge >= 0.3 is 5.97 Å². The Bertz CT molecular complexity index is 622. The summed E-state index contributed by atoms with van der Waals surface area (Å²) in [5.74, 6) is -0.377. The van der Waals surface area contributed by atoms with Crippen molar-refractivity contribution in [3.8, 4) is 0 Å². The monoisotopic (exact) mass is 324 g/mol. The first-order valence-electron chi connectivity index (χ1n) is 6.14. The van der Waals surface area contributed by atoms with Crippen LogP contribution in [0.25, 0.3) is 0 Å². The van der Waals surface area contributed by atoms with Gasteiger partial charge in [0, 0.05) is 35.0 Å². The van der Waals surface area contributed by atoms with Gasteiger partial charge in [-0.25, -0.2) is 4.79 Å². The molecule has 1 aromatic heterocycles. The fourth-order valence-corrected chi connectivity index (χ4v) is 4.64. The molecular weight excluding hydrogens is 312 g/mol. The molecule has 7 nitrogen and oxygen atoms in total. The van der Waals surface area contributed by atoms with Gasteiger partial charge in [-0.3, -0.25) is 19.7 Å². The molecule has 0 saturated carbocycles. The molecule has 9 heteroatoms. The number of rotatable bonds is 4. The van der Waals surface area contributed by atoms with Gasteiger partial charge in [0.05, 0.1) is 5.69 Å². The van der Waals surface area contributed by atoms with E-state index in [2.05, 4.69) is 9.97 Å². The lowest BCUT2D eigenvalue weighted by molar-refractivity contribution is -0.147. The molecule has 110 valence electrons. The van der Waals surface area contributed by atoms with Crippen molar-refractivity contribution in [3.05, 3.63) is 34.9 Å². The molecule has 0 bridgehead atoms. The Labute approximate surface area is 129 Å². The van der Waals surface area contributed by atoms with E-state index in [0.717, 1.165) is 5.69 Å². The Morgan fingerprint density at radius 1 is 1.57 bits per heavy atom. The molecule has 0 aromatic carbocycles. The van der Waals surface area contributed by atoms with E-state index in [1.165, 1.54) is 28.4 Å². The largest absolute Gasteiger partial charge is 0.477 e. The van der Waals surface area contributed by atoms with Crippen LogP contribution in [0.15, 0.2) is 29.2 Å². The fraction of sp³-hybridized carbons (Fsp3) is 0.333. The second-order valence-corrected chi connectivity index (χ2v) is 6.67. The number of aliphatic carboxylic acids is 1. The molecule has 0 unspecified atom stereocenters. The van der Waals surface area contributed by atoms with Gasteiger partial charge in [-0.1, -0.05) is 0 Å². The van der Waals surface area contributed by atoms with Crippen LogP contribution in [0.1, 0.15) is 5.69 Å². The summed E-state index contributed by atoms with van der Waals surface area (Å²) in [5, 5.41) is 9.13. The van der Waals surface area contributed by atoms with Crippen LogP contribution < -0.4 is 5.73 Å². The van der Waals surface area contributed by atoms with Crippen LogP contribution in [0.5, 0.6) is 0 Å². The third-order valence-corrected chi connectivity index (χ3v) is 5.80. The predicted molar refractivity (Wildman–Crippen MR) is 79.1 cm³/mol. The molecule has 2 aliphatic heterocycles. The van der Waals surface area contributed by atoms with E-state index in [1.54, 1.807) is 18.6 Å². The van der Waals surface area contributed by atoms with Crippen molar-refractivity contribution in [2.75, 3.05) is 5.75 Å². The first-order chi connectivity index (χ1) is 10.1. The SMILES string of the molecule is N[C@@H]1C(=O)N2C(C(=O)O)=C(SCc3cnccn3)CS[C@@H]12. The summed E-state index contributed by atoms with van der Waals surface area (Å²) in [4.78, 5) is 33.3. The topological polar surface area (TPSA) is 109 Å². The molecule has 3 N–H and O–H groups in total. The lowest BCUT2D eigenvalue weighted by atomic mass is 10.1. The molecule has 3 rings (SSSR count). The zero-order chi connectivity index (χ0) is 15.0. The first kappa shape index (κ1) is 14.4. The number of carbonyl (C=O) groups excluding carboxylic acids is 1. The highest BCUT2D eigenvalue weighted by molar-refractivity contribution is 8.05. The molecule has 3 heterocycles. The Hall–Kier alpha value is -1.58. The van der Waals surface area contributed by atoms with E-state index in [1.807, 2.05) is 0 Å². The van der Waals surface area contributed by atoms with Crippen LogP contribution in [0.2, 0.25) is 0 Å². The van der Waals surface area contributed by atoms with E-state index in [0.29, 0.717) is 16.4 Å². The minimum Gasteiger partial charge on any atom is -0.477 e. The summed E-state index contributed by atoms with van der Waals surface area (Å²) in [6.07, 6.45) is 4.81. The van der Waals surface area contributed by atoms with Crippen LogP contribution in [-0.2, 0) is 15.3 Å². The van der Waals surface area contributed by atoms with Gasteiger partial charge < -0.3 is 10.8 Å². The third-order valence-electron chi connectivity index (χ3n) is 3.19. The van der Waals surface area contributed by atoms with Crippen LogP contribution in [0.4, 0.5) is 0 Å². The number of carboxylic acids is 1. The number of carbonyl (C=O) groups is 2. The number of carboxylic acid groups (broad SMARTS) is 1. The van der Waals surface area contributed by atoms with Crippen molar-refractivity contribution in [2.24, 2.45) is 5.73 Å². The predicted octanol–water partition coefficient (Wildman–Crippen LogP) is 0.248. The Morgan fingerprint density at radius 2 is 2.38 bits per heavy atom. The van der Waals surface area contributed by atoms with Crippen molar-refractivity contribution >= 4 is 35.4 Å². The molecule has 1 fully saturated rings. The molecular formula is C12H12N4O3S2. The lowest BCUT2D eigenvalue weighted by Gasteiger charge is -2.47. The number of thioether (sulfide) groups is 2. The average Bonchev–Trinajstić information content (AvgIpc) is 2.52. The summed E-state index contributed by atoms with van der Waals surface area (Å²) in [6, 6.07) is -0.601. The number of nitrogens with two attached hydrogens (primary N) is 1. The summed E-state index contributed by atoms with van der Waals surface area (Å²) in [5.41, 5.74) is 6.51. The lowest BCUT2D eigenvalue weighted by Crippen LogP contribution is -2.68. The first-order valence-corrected chi connectivity index (χ1v) is 8.17. The van der Waals surface area contributed by atoms with Crippen molar-refractivity contribution < 1.29 is 14.7 Å². The molecule has 2 aliphatic rings. The van der Waals surface area contributed by atoms with Crippen molar-refractivity contribution in [3.63, 3.8) is 0 Å². The van der Waals surface area contributed by atoms with Crippen LogP contribution in [-0.4, -0.2) is 49.0 Å². The van der Waals surface area contributed by atoms with Crippen LogP contribution in [0.3, 0.4) is 0 Å². The van der Waals surface area contributed by atoms with Gasteiger partial charge in [-0.15, -0.1) is 23.5 Å². The second kappa shape index (κ2) is 5.66. The molecule has 0 spiro atoms. The van der Waals surface area contributed by atoms with Gasteiger partial charge in [-0.05, 0) is 0 Å². The van der Waals surface area contributed by atoms with E-state index in [9.17, 15) is 14.7 Å². The summed E-state index contributed by atoms with van der Waals surface area (Å²) >= 11 is 2.86. The molecule has 0 radical (unpaired) electrons. The molecule has 1 aromatic rings. The van der Waals surface area contributed by atoms with Crippen molar-refractivity contribution in [2.45, 2.75) is 17.2 Å². The number of aromatic nitrogens is 2. The maximum absolute atomic E-state index is 11.8. The van der Waals surface area contributed by atoms with Crippen LogP contribution in [0, 0.1) is 0 Å². The van der Waals surface area contributed by atoms with Gasteiger partial charge in [0.2, 0.25) is 5.91 Å². The van der Waals surface area contributed by atoms with Crippen molar-refractivity contribution in [1.29, 1.82) is 0 Å². The fourth-order valence-electron chi connectivity index (χ4n) is 2.16. The third kappa shape index (κ3) is 2.52. The summed E-state index contributed by atoms with van der Waals surface area (Å²) in [7, 11) is 0. The number of hydrogen-bond donors (Lipinski definition) is 2. The van der Waals surface area contributed by atoms with Gasteiger partial charge in [0.25, 0.3) is 0 Å². The number of β-lactam (4-membered cyclic amide) rings is 1. The smallest absolute Gasteiger partial charge is 0.353 e. The second-order valence-electron chi connectivity index (χ2n) is 4.50. The number of hydrogen-bond acceptors (Lipinski definition) is 7. The van der Waals surface area contributed by atoms with E-state index < -0.39 is 12.0 Å². The van der Waals surface area contributed by atoms with Crippen molar-refractivity contribution in [1.82, 2.24) is 14.9 Å². The number of amides is 1. The molecule has 1 saturated heterocycles. The van der Waals surface area contributed by atoms with Gasteiger partial charge in [0.15, 0.2) is 0 Å². The van der Waals surface area contributed by atoms with Gasteiger partial charge in [0.1, 0.15) is 17.1 Å². The zero-order valence-electron chi connectivity index (χ0n) is 10.8. The minimum atomic E-state index is -1.10. The normalized spacial score (nSPS) is 24.6. The summed E-state index contributed by atoms with van der Waals surface area (Å²) < 4.78 is 0. The highest BCUT2D eigenvalue weighted by Gasteiger charge is 2.51. The number of fused-ring (bicyclic) bond motifs is 1. The van der Waals surface area contributed by atoms with Gasteiger partial charge in [-0.2, -0.15) is 0 Å². The Kier molecular flexibility index (Phi) is 3.87. The maximum atomic E-state index is 11.8. The number of nitrogens with zero attached hydrogens (tertiary/aromatic N) is 3. The maximum Gasteiger partial charge on any atom is 0.353 e.